The van der Waals surface area contributed by atoms with E-state index in [-0.39, 0.29) is 58.8 Å². The van der Waals surface area contributed by atoms with Crippen LogP contribution in [0.2, 0.25) is 0 Å². The largest absolute Gasteiger partial charge is 1.00 e. The predicted octanol–water partition coefficient (Wildman–Crippen LogP) is 0.993. The van der Waals surface area contributed by atoms with Gasteiger partial charge >= 0.3 is 60.9 Å². The molecule has 0 radical (unpaired) electrons. The molecule has 19 heavy (non-hydrogen) atoms. The molecule has 110 valence electrons. The van der Waals surface area contributed by atoms with Crippen molar-refractivity contribution in [2.75, 3.05) is 19.8 Å². The summed E-state index contributed by atoms with van der Waals surface area (Å²) in [6.07, 6.45) is 2.96. The molecule has 0 rings (SSSR count). The third kappa shape index (κ3) is 45.4. The number of allylic oxidation sites excluding steroid dienone is 1. The molecule has 0 unspecified atom stereocenters. The van der Waals surface area contributed by atoms with E-state index in [1.165, 1.54) is 0 Å². The topological polar surface area (TPSA) is 27.7 Å². The summed E-state index contributed by atoms with van der Waals surface area (Å²) in [5.41, 5.74) is 2.25. The van der Waals surface area contributed by atoms with Gasteiger partial charge in [0.15, 0.2) is 0 Å². The van der Waals surface area contributed by atoms with Crippen LogP contribution in [0.25, 0.3) is 0 Å². The Hall–Kier alpha value is 0.993. The zero-order chi connectivity index (χ0) is 13.9. The van der Waals surface area contributed by atoms with E-state index in [0.29, 0.717) is 19.8 Å². The summed E-state index contributed by atoms with van der Waals surface area (Å²) < 4.78 is 15.7. The summed E-state index contributed by atoms with van der Waals surface area (Å²) in [5.74, 6) is 0. The van der Waals surface area contributed by atoms with Crippen molar-refractivity contribution in [1.29, 1.82) is 0 Å². The summed E-state index contributed by atoms with van der Waals surface area (Å²) in [7, 11) is -1.73. The number of hydrogen-bond acceptors (Lipinski definition) is 3. The molecule has 0 heterocycles. The van der Waals surface area contributed by atoms with Crippen molar-refractivity contribution < 1.29 is 64.7 Å². The smallest absolute Gasteiger partial charge is 0.376 e. The molecule has 3 nitrogen and oxygen atoms in total. The molecule has 0 aliphatic rings. The zero-order valence-corrected chi connectivity index (χ0v) is 17.1. The Balaban J connectivity index is -0.0000000618. The quantitative estimate of drug-likeness (QED) is 0.398. The second-order valence-electron chi connectivity index (χ2n) is 2.60. The van der Waals surface area contributed by atoms with Crippen LogP contribution in [-0.4, -0.2) is 29.3 Å². The van der Waals surface area contributed by atoms with Gasteiger partial charge in [-0.15, -0.1) is 12.3 Å². The molecular weight excluding hydrogens is 283 g/mol. The van der Waals surface area contributed by atoms with Crippen LogP contribution in [0.3, 0.4) is 0 Å². The monoisotopic (exact) mass is 315 g/mol. The summed E-state index contributed by atoms with van der Waals surface area (Å²) in [6.45, 7) is 19.7. The Morgan fingerprint density at radius 3 is 1.26 bits per heavy atom. The Bertz CT molecular complexity index is 158. The van der Waals surface area contributed by atoms with Gasteiger partial charge in [-0.05, 0) is 27.2 Å². The van der Waals surface area contributed by atoms with Gasteiger partial charge in [0.1, 0.15) is 0 Å². The number of rotatable bonds is 7. The maximum Gasteiger partial charge on any atom is 1.00 e. The van der Waals surface area contributed by atoms with E-state index in [9.17, 15) is 0 Å². The van der Waals surface area contributed by atoms with E-state index < -0.39 is 9.53 Å². The van der Waals surface area contributed by atoms with E-state index in [4.69, 9.17) is 13.3 Å². The molecule has 0 bridgehead atoms. The van der Waals surface area contributed by atoms with E-state index in [1.807, 2.05) is 26.8 Å². The van der Waals surface area contributed by atoms with Crippen molar-refractivity contribution in [2.45, 2.75) is 41.5 Å². The summed E-state index contributed by atoms with van der Waals surface area (Å²) in [6, 6.07) is 0. The van der Waals surface area contributed by atoms with Gasteiger partial charge < -0.3 is 13.3 Å². The van der Waals surface area contributed by atoms with Crippen molar-refractivity contribution in [3.8, 4) is 0 Å². The SMILES string of the molecule is C.C=C=C.C=CCC.CCO[SiH](OCC)OCC.[K+]. The van der Waals surface area contributed by atoms with Gasteiger partial charge in [0.05, 0.1) is 0 Å². The van der Waals surface area contributed by atoms with Crippen LogP contribution in [0.5, 0.6) is 0 Å². The second-order valence-corrected chi connectivity index (χ2v) is 4.18. The van der Waals surface area contributed by atoms with Crippen molar-refractivity contribution in [3.05, 3.63) is 31.5 Å². The molecule has 0 saturated heterocycles. The first kappa shape index (κ1) is 32.1. The van der Waals surface area contributed by atoms with Crippen molar-refractivity contribution in [2.24, 2.45) is 0 Å². The van der Waals surface area contributed by atoms with Gasteiger partial charge in [-0.1, -0.05) is 33.6 Å². The fraction of sp³-hybridized carbons (Fsp3) is 0.643. The summed E-state index contributed by atoms with van der Waals surface area (Å²) >= 11 is 0. The maximum atomic E-state index is 5.22. The van der Waals surface area contributed by atoms with Gasteiger partial charge in [0.2, 0.25) is 0 Å². The molecule has 0 amide bonds. The Labute approximate surface area is 165 Å². The molecule has 0 fully saturated rings. The van der Waals surface area contributed by atoms with Crippen LogP contribution in [0.4, 0.5) is 0 Å². The first-order chi connectivity index (χ1) is 8.17. The van der Waals surface area contributed by atoms with Gasteiger partial charge in [-0.3, -0.25) is 0 Å². The molecule has 0 aliphatic heterocycles. The van der Waals surface area contributed by atoms with Crippen LogP contribution in [0.1, 0.15) is 41.5 Å². The molecule has 0 aromatic heterocycles. The minimum Gasteiger partial charge on any atom is -0.376 e. The van der Waals surface area contributed by atoms with E-state index in [0.717, 1.165) is 6.42 Å². The van der Waals surface area contributed by atoms with Gasteiger partial charge in [0, 0.05) is 19.8 Å². The van der Waals surface area contributed by atoms with Gasteiger partial charge in [-0.25, -0.2) is 0 Å². The summed E-state index contributed by atoms with van der Waals surface area (Å²) in [4.78, 5) is 0. The number of hydrogen-bond donors (Lipinski definition) is 0. The van der Waals surface area contributed by atoms with E-state index >= 15 is 0 Å². The summed E-state index contributed by atoms with van der Waals surface area (Å²) in [5, 5.41) is 0. The minimum atomic E-state index is -1.73. The molecule has 0 saturated carbocycles. The standard InChI is InChI=1S/C6H16O3Si.C4H8.C3H4.CH4.K/c1-4-7-10(8-5-2)9-6-3;1-3-4-2;1-3-2;;/h10H,4-6H2,1-3H3;3H,1,4H2,2H3;1-2H2;1H4;/q;;;;+1. The third-order valence-electron chi connectivity index (χ3n) is 1.20. The Morgan fingerprint density at radius 1 is 0.947 bits per heavy atom. The van der Waals surface area contributed by atoms with Crippen LogP contribution >= 0.6 is 0 Å². The zero-order valence-electron chi connectivity index (χ0n) is 12.8. The van der Waals surface area contributed by atoms with Crippen molar-refractivity contribution >= 4 is 9.53 Å². The fourth-order valence-corrected chi connectivity index (χ4v) is 1.66. The molecule has 0 aromatic carbocycles. The average Bonchev–Trinajstić information content (AvgIpc) is 2.31. The average molecular weight is 316 g/mol. The Kier molecular flexibility index (Phi) is 61.5. The van der Waals surface area contributed by atoms with Crippen LogP contribution in [0.15, 0.2) is 31.5 Å². The van der Waals surface area contributed by atoms with Crippen LogP contribution < -0.4 is 51.4 Å². The molecular formula is C14H32KO3Si+. The normalized spacial score (nSPS) is 7.42. The predicted molar refractivity (Wildman–Crippen MR) is 84.0 cm³/mol. The van der Waals surface area contributed by atoms with Gasteiger partial charge in [0.25, 0.3) is 0 Å². The molecule has 5 heteroatoms. The van der Waals surface area contributed by atoms with E-state index in [1.54, 1.807) is 0 Å². The van der Waals surface area contributed by atoms with Crippen LogP contribution in [-0.2, 0) is 13.3 Å². The second kappa shape index (κ2) is 36.4. The molecule has 0 N–H and O–H groups in total. The molecule has 0 spiro atoms. The molecule has 0 atom stereocenters. The Morgan fingerprint density at radius 2 is 1.16 bits per heavy atom. The van der Waals surface area contributed by atoms with Gasteiger partial charge in [-0.2, -0.15) is 0 Å². The maximum absolute atomic E-state index is 5.22. The first-order valence-corrected chi connectivity index (χ1v) is 7.34. The van der Waals surface area contributed by atoms with Crippen molar-refractivity contribution in [1.82, 2.24) is 0 Å². The van der Waals surface area contributed by atoms with E-state index in [2.05, 4.69) is 32.4 Å². The fourth-order valence-electron chi connectivity index (χ4n) is 0.553. The van der Waals surface area contributed by atoms with Crippen molar-refractivity contribution in [3.63, 3.8) is 0 Å². The molecule has 0 aliphatic carbocycles. The third-order valence-corrected chi connectivity index (χ3v) is 3.01. The first-order valence-electron chi connectivity index (χ1n) is 5.93. The minimum absolute atomic E-state index is 0. The van der Waals surface area contributed by atoms with Crippen LogP contribution in [0, 0.1) is 0 Å². The molecule has 0 aromatic rings.